The van der Waals surface area contributed by atoms with Crippen molar-refractivity contribution in [2.45, 2.75) is 71.8 Å². The van der Waals surface area contributed by atoms with E-state index in [1.165, 1.54) is 32.1 Å². The van der Waals surface area contributed by atoms with Gasteiger partial charge in [0.15, 0.2) is 0 Å². The molecule has 3 saturated carbocycles. The van der Waals surface area contributed by atoms with Gasteiger partial charge < -0.3 is 10.5 Å². The van der Waals surface area contributed by atoms with Crippen molar-refractivity contribution in [1.82, 2.24) is 0 Å². The molecule has 0 aromatic heterocycles. The predicted octanol–water partition coefficient (Wildman–Crippen LogP) is 4.82. The van der Waals surface area contributed by atoms with Gasteiger partial charge in [-0.25, -0.2) is 0 Å². The number of allylic oxidation sites excluding steroid dienone is 2. The van der Waals surface area contributed by atoms with Crippen LogP contribution in [0.3, 0.4) is 0 Å². The van der Waals surface area contributed by atoms with Crippen LogP contribution in [0.2, 0.25) is 0 Å². The Kier molecular flexibility index (Phi) is 3.58. The zero-order valence-corrected chi connectivity index (χ0v) is 15.0. The molecule has 0 saturated heterocycles. The first kappa shape index (κ1) is 15.9. The van der Waals surface area contributed by atoms with Gasteiger partial charge in [0.05, 0.1) is 6.10 Å². The van der Waals surface area contributed by atoms with Gasteiger partial charge in [0.2, 0.25) is 0 Å². The molecular weight excluding hydrogens is 282 g/mol. The zero-order valence-electron chi connectivity index (χ0n) is 15.0. The molecule has 4 rings (SSSR count). The third-order valence-corrected chi connectivity index (χ3v) is 8.59. The van der Waals surface area contributed by atoms with Crippen LogP contribution in [0.15, 0.2) is 12.2 Å². The maximum atomic E-state index is 10.1. The first-order chi connectivity index (χ1) is 10.9. The van der Waals surface area contributed by atoms with Gasteiger partial charge in [-0.1, -0.05) is 26.0 Å². The zero-order chi connectivity index (χ0) is 16.4. The number of aliphatic hydroxyl groups is 1. The summed E-state index contributed by atoms with van der Waals surface area (Å²) in [6.07, 6.45) is 13.4. The molecule has 4 aliphatic carbocycles. The Morgan fingerprint density at radius 3 is 2.65 bits per heavy atom. The van der Waals surface area contributed by atoms with Gasteiger partial charge in [-0.05, 0) is 86.4 Å². The second-order valence-electron chi connectivity index (χ2n) is 9.54. The van der Waals surface area contributed by atoms with E-state index in [4.69, 9.17) is 5.41 Å². The van der Waals surface area contributed by atoms with Crippen molar-refractivity contribution in [3.05, 3.63) is 12.2 Å². The summed E-state index contributed by atoms with van der Waals surface area (Å²) in [4.78, 5) is 0. The average Bonchev–Trinajstić information content (AvgIpc) is 2.85. The van der Waals surface area contributed by atoms with Crippen molar-refractivity contribution in [2.24, 2.45) is 40.4 Å². The SMILES string of the molecule is CC(=N)[C@H]1CC[C@H]2[C@@H]3CC[C@@H]4C[C@@H](O)CC[C@]4(C)[C@H]3C=C[C@]12C. The first-order valence-corrected chi connectivity index (χ1v) is 9.78. The Morgan fingerprint density at radius 1 is 1.13 bits per heavy atom. The van der Waals surface area contributed by atoms with E-state index >= 15 is 0 Å². The van der Waals surface area contributed by atoms with Crippen LogP contribution in [0.1, 0.15) is 65.7 Å². The monoisotopic (exact) mass is 315 g/mol. The van der Waals surface area contributed by atoms with Gasteiger partial charge in [-0.3, -0.25) is 0 Å². The van der Waals surface area contributed by atoms with E-state index in [0.29, 0.717) is 23.2 Å². The van der Waals surface area contributed by atoms with Crippen LogP contribution in [0.5, 0.6) is 0 Å². The summed E-state index contributed by atoms with van der Waals surface area (Å²) in [5.74, 6) is 3.46. The van der Waals surface area contributed by atoms with E-state index in [-0.39, 0.29) is 11.5 Å². The van der Waals surface area contributed by atoms with Gasteiger partial charge in [0, 0.05) is 11.6 Å². The lowest BCUT2D eigenvalue weighted by molar-refractivity contribution is -0.0794. The highest BCUT2D eigenvalue weighted by atomic mass is 16.3. The fraction of sp³-hybridized carbons (Fsp3) is 0.857. The molecule has 0 aliphatic heterocycles. The molecule has 0 heterocycles. The fourth-order valence-electron chi connectivity index (χ4n) is 7.30. The van der Waals surface area contributed by atoms with E-state index in [9.17, 15) is 5.11 Å². The van der Waals surface area contributed by atoms with E-state index in [1.54, 1.807) is 0 Å². The minimum absolute atomic E-state index is 0.0566. The van der Waals surface area contributed by atoms with Gasteiger partial charge >= 0.3 is 0 Å². The summed E-state index contributed by atoms with van der Waals surface area (Å²) < 4.78 is 0. The van der Waals surface area contributed by atoms with E-state index < -0.39 is 0 Å². The molecule has 0 aromatic rings. The average molecular weight is 316 g/mol. The molecule has 4 aliphatic rings. The van der Waals surface area contributed by atoms with Gasteiger partial charge in [0.25, 0.3) is 0 Å². The van der Waals surface area contributed by atoms with Crippen molar-refractivity contribution >= 4 is 5.71 Å². The number of nitrogens with one attached hydrogen (secondary N) is 1. The lowest BCUT2D eigenvalue weighted by Crippen LogP contribution is -2.52. The van der Waals surface area contributed by atoms with Crippen molar-refractivity contribution in [3.63, 3.8) is 0 Å². The third-order valence-electron chi connectivity index (χ3n) is 8.59. The molecule has 2 nitrogen and oxygen atoms in total. The van der Waals surface area contributed by atoms with Crippen LogP contribution < -0.4 is 0 Å². The van der Waals surface area contributed by atoms with Crippen LogP contribution in [0, 0.1) is 45.8 Å². The molecule has 0 unspecified atom stereocenters. The van der Waals surface area contributed by atoms with E-state index in [0.717, 1.165) is 30.4 Å². The maximum Gasteiger partial charge on any atom is 0.0543 e. The summed E-state index contributed by atoms with van der Waals surface area (Å²) in [5.41, 5.74) is 1.51. The lowest BCUT2D eigenvalue weighted by Gasteiger charge is -2.58. The molecule has 0 radical (unpaired) electrons. The van der Waals surface area contributed by atoms with Crippen molar-refractivity contribution in [1.29, 1.82) is 5.41 Å². The summed E-state index contributed by atoms with van der Waals surface area (Å²) in [6.45, 7) is 6.96. The van der Waals surface area contributed by atoms with Gasteiger partial charge in [-0.15, -0.1) is 0 Å². The number of hydrogen-bond acceptors (Lipinski definition) is 2. The minimum Gasteiger partial charge on any atom is -0.393 e. The molecule has 23 heavy (non-hydrogen) atoms. The highest BCUT2D eigenvalue weighted by Gasteiger charge is 2.58. The Hall–Kier alpha value is -0.630. The second-order valence-corrected chi connectivity index (χ2v) is 9.54. The maximum absolute atomic E-state index is 10.1. The Bertz CT molecular complexity index is 540. The van der Waals surface area contributed by atoms with Crippen molar-refractivity contribution < 1.29 is 5.11 Å². The quantitative estimate of drug-likeness (QED) is 0.528. The third kappa shape index (κ3) is 2.13. The Morgan fingerprint density at radius 2 is 1.91 bits per heavy atom. The van der Waals surface area contributed by atoms with E-state index in [1.807, 2.05) is 6.92 Å². The predicted molar refractivity (Wildman–Crippen MR) is 94.5 cm³/mol. The molecule has 8 atom stereocenters. The molecular formula is C21H33NO. The molecule has 3 fully saturated rings. The van der Waals surface area contributed by atoms with Crippen LogP contribution >= 0.6 is 0 Å². The number of rotatable bonds is 1. The number of hydrogen-bond donors (Lipinski definition) is 2. The Balaban J connectivity index is 1.68. The molecule has 0 aromatic carbocycles. The van der Waals surface area contributed by atoms with Crippen LogP contribution in [-0.2, 0) is 0 Å². The fourth-order valence-corrected chi connectivity index (χ4v) is 7.30. The summed E-state index contributed by atoms with van der Waals surface area (Å²) in [5, 5.41) is 18.3. The number of fused-ring (bicyclic) bond motifs is 5. The standard InChI is InChI=1S/C21H33NO/c1-13(22)17-6-7-18-16-5-4-14-12-15(23)8-10-20(14,2)19(16)9-11-21(17,18)3/h9,11,14-19,22-23H,4-8,10,12H2,1-3H3/t14-,15+,16+,17-,18+,19+,20+,21-/m1/s1. The molecule has 0 bridgehead atoms. The van der Waals surface area contributed by atoms with Gasteiger partial charge in [-0.2, -0.15) is 0 Å². The highest BCUT2D eigenvalue weighted by Crippen LogP contribution is 2.65. The second kappa shape index (κ2) is 5.18. The van der Waals surface area contributed by atoms with Crippen LogP contribution in [0.4, 0.5) is 0 Å². The summed E-state index contributed by atoms with van der Waals surface area (Å²) in [6, 6.07) is 0. The molecule has 0 amide bonds. The van der Waals surface area contributed by atoms with Gasteiger partial charge in [0.1, 0.15) is 0 Å². The van der Waals surface area contributed by atoms with Crippen LogP contribution in [0.25, 0.3) is 0 Å². The van der Waals surface area contributed by atoms with Crippen molar-refractivity contribution in [3.8, 4) is 0 Å². The van der Waals surface area contributed by atoms with E-state index in [2.05, 4.69) is 26.0 Å². The summed E-state index contributed by atoms with van der Waals surface area (Å²) >= 11 is 0. The molecule has 0 spiro atoms. The normalized spacial score (nSPS) is 55.0. The topological polar surface area (TPSA) is 44.1 Å². The molecule has 2 heteroatoms. The summed E-state index contributed by atoms with van der Waals surface area (Å²) in [7, 11) is 0. The van der Waals surface area contributed by atoms with Crippen LogP contribution in [-0.4, -0.2) is 16.9 Å². The first-order valence-electron chi connectivity index (χ1n) is 9.78. The largest absolute Gasteiger partial charge is 0.393 e. The van der Waals surface area contributed by atoms with Crippen molar-refractivity contribution in [2.75, 3.05) is 0 Å². The molecule has 2 N–H and O–H groups in total. The highest BCUT2D eigenvalue weighted by molar-refractivity contribution is 5.82. The smallest absolute Gasteiger partial charge is 0.0543 e. The lowest BCUT2D eigenvalue weighted by atomic mass is 9.46. The number of aliphatic hydroxyl groups excluding tert-OH is 1. The molecule has 128 valence electrons. The Labute approximate surface area is 141 Å². The minimum atomic E-state index is -0.0566.